The van der Waals surface area contributed by atoms with Crippen molar-refractivity contribution in [1.82, 2.24) is 5.32 Å². The summed E-state index contributed by atoms with van der Waals surface area (Å²) in [6.07, 6.45) is 1.10. The summed E-state index contributed by atoms with van der Waals surface area (Å²) in [6.45, 7) is 3.15. The molecular formula is C17H19BrINO. The van der Waals surface area contributed by atoms with Gasteiger partial charge in [0.2, 0.25) is 0 Å². The van der Waals surface area contributed by atoms with Crippen LogP contribution in [0.1, 0.15) is 30.5 Å². The Morgan fingerprint density at radius 1 is 1.24 bits per heavy atom. The summed E-state index contributed by atoms with van der Waals surface area (Å²) in [5.74, 6) is 0.887. The summed E-state index contributed by atoms with van der Waals surface area (Å²) >= 11 is 6.03. The molecular weight excluding hydrogens is 441 g/mol. The lowest BCUT2D eigenvalue weighted by Gasteiger charge is -2.21. The lowest BCUT2D eigenvalue weighted by molar-refractivity contribution is 0.413. The van der Waals surface area contributed by atoms with Crippen LogP contribution < -0.4 is 10.1 Å². The highest BCUT2D eigenvalue weighted by molar-refractivity contribution is 14.1. The average molecular weight is 460 g/mol. The van der Waals surface area contributed by atoms with Crippen LogP contribution in [0.2, 0.25) is 0 Å². The third-order valence-corrected chi connectivity index (χ3v) is 4.69. The first kappa shape index (κ1) is 16.8. The Bertz CT molecular complexity index is 603. The molecule has 4 heteroatoms. The second kappa shape index (κ2) is 8.15. The van der Waals surface area contributed by atoms with Gasteiger partial charge in [-0.15, -0.1) is 0 Å². The number of halogens is 2. The minimum atomic E-state index is 0.157. The maximum atomic E-state index is 5.36. The van der Waals surface area contributed by atoms with E-state index in [1.54, 1.807) is 7.11 Å². The van der Waals surface area contributed by atoms with E-state index >= 15 is 0 Å². The van der Waals surface area contributed by atoms with Gasteiger partial charge >= 0.3 is 0 Å². The van der Waals surface area contributed by atoms with Crippen molar-refractivity contribution in [2.75, 3.05) is 13.7 Å². The second-order valence-electron chi connectivity index (χ2n) is 4.83. The van der Waals surface area contributed by atoms with E-state index < -0.39 is 0 Å². The highest BCUT2D eigenvalue weighted by Crippen LogP contribution is 2.31. The number of methoxy groups -OCH3 is 1. The zero-order valence-corrected chi connectivity index (χ0v) is 15.9. The van der Waals surface area contributed by atoms with Gasteiger partial charge in [-0.2, -0.15) is 0 Å². The van der Waals surface area contributed by atoms with E-state index in [1.807, 2.05) is 12.1 Å². The van der Waals surface area contributed by atoms with E-state index in [2.05, 4.69) is 81.1 Å². The lowest BCUT2D eigenvalue weighted by Crippen LogP contribution is -2.23. The summed E-state index contributed by atoms with van der Waals surface area (Å²) in [7, 11) is 1.70. The Balaban J connectivity index is 2.44. The van der Waals surface area contributed by atoms with Gasteiger partial charge in [0.25, 0.3) is 0 Å². The van der Waals surface area contributed by atoms with Crippen LogP contribution in [-0.2, 0) is 0 Å². The largest absolute Gasteiger partial charge is 0.497 e. The summed E-state index contributed by atoms with van der Waals surface area (Å²) < 4.78 is 7.72. The molecule has 112 valence electrons. The van der Waals surface area contributed by atoms with Crippen LogP contribution in [-0.4, -0.2) is 13.7 Å². The van der Waals surface area contributed by atoms with Crippen LogP contribution in [0.4, 0.5) is 0 Å². The van der Waals surface area contributed by atoms with Gasteiger partial charge in [-0.1, -0.05) is 35.0 Å². The molecule has 1 N–H and O–H groups in total. The van der Waals surface area contributed by atoms with Crippen LogP contribution in [0.5, 0.6) is 5.75 Å². The van der Waals surface area contributed by atoms with E-state index in [-0.39, 0.29) is 6.04 Å². The Labute approximate surface area is 148 Å². The van der Waals surface area contributed by atoms with Gasteiger partial charge in [0.05, 0.1) is 13.2 Å². The van der Waals surface area contributed by atoms with Crippen LogP contribution >= 0.6 is 38.5 Å². The van der Waals surface area contributed by atoms with Crippen LogP contribution in [0.25, 0.3) is 0 Å². The number of hydrogen-bond donors (Lipinski definition) is 1. The first-order valence-corrected chi connectivity index (χ1v) is 8.85. The molecule has 0 spiro atoms. The molecule has 0 heterocycles. The van der Waals surface area contributed by atoms with Crippen LogP contribution in [0.15, 0.2) is 46.9 Å². The Kier molecular flexibility index (Phi) is 6.51. The van der Waals surface area contributed by atoms with Gasteiger partial charge < -0.3 is 10.1 Å². The van der Waals surface area contributed by atoms with Crippen molar-refractivity contribution in [3.63, 3.8) is 0 Å². The van der Waals surface area contributed by atoms with Crippen molar-refractivity contribution in [2.24, 2.45) is 0 Å². The molecule has 0 fully saturated rings. The first-order valence-electron chi connectivity index (χ1n) is 6.98. The van der Waals surface area contributed by atoms with Gasteiger partial charge in [0, 0.05) is 8.04 Å². The molecule has 1 unspecified atom stereocenters. The topological polar surface area (TPSA) is 21.3 Å². The number of ether oxygens (including phenoxy) is 1. The predicted octanol–water partition coefficient (Wildman–Crippen LogP) is 5.15. The highest BCUT2D eigenvalue weighted by atomic mass is 127. The molecule has 0 saturated heterocycles. The lowest BCUT2D eigenvalue weighted by atomic mass is 9.98. The monoisotopic (exact) mass is 459 g/mol. The van der Waals surface area contributed by atoms with Crippen molar-refractivity contribution in [2.45, 2.75) is 19.4 Å². The van der Waals surface area contributed by atoms with E-state index in [9.17, 15) is 0 Å². The molecule has 2 aromatic rings. The van der Waals surface area contributed by atoms with Crippen molar-refractivity contribution in [1.29, 1.82) is 0 Å². The average Bonchev–Trinajstić information content (AvgIpc) is 2.51. The molecule has 0 saturated carbocycles. The Morgan fingerprint density at radius 2 is 2.05 bits per heavy atom. The standard InChI is InChI=1S/C17H19BrINO/c1-3-9-20-17(12-5-4-6-14(10-12)21-2)15-11-13(19)7-8-16(15)18/h4-8,10-11,17,20H,3,9H2,1-2H3. The quantitative estimate of drug-likeness (QED) is 0.603. The molecule has 0 aromatic heterocycles. The first-order chi connectivity index (χ1) is 10.2. The number of benzene rings is 2. The fraction of sp³-hybridized carbons (Fsp3) is 0.294. The number of rotatable bonds is 6. The zero-order chi connectivity index (χ0) is 15.2. The minimum Gasteiger partial charge on any atom is -0.497 e. The van der Waals surface area contributed by atoms with Crippen molar-refractivity contribution in [3.8, 4) is 5.75 Å². The molecule has 2 rings (SSSR count). The Morgan fingerprint density at radius 3 is 2.76 bits per heavy atom. The van der Waals surface area contributed by atoms with Crippen LogP contribution in [0.3, 0.4) is 0 Å². The van der Waals surface area contributed by atoms with Crippen molar-refractivity contribution in [3.05, 3.63) is 61.6 Å². The van der Waals surface area contributed by atoms with Gasteiger partial charge in [-0.3, -0.25) is 0 Å². The van der Waals surface area contributed by atoms with Gasteiger partial charge in [-0.05, 0) is 77.0 Å². The normalized spacial score (nSPS) is 12.2. The SMILES string of the molecule is CCCNC(c1cccc(OC)c1)c1cc(I)ccc1Br. The molecule has 21 heavy (non-hydrogen) atoms. The fourth-order valence-electron chi connectivity index (χ4n) is 2.25. The number of hydrogen-bond acceptors (Lipinski definition) is 2. The molecule has 0 radical (unpaired) electrons. The third kappa shape index (κ3) is 4.44. The molecule has 0 aliphatic heterocycles. The summed E-state index contributed by atoms with van der Waals surface area (Å²) in [5, 5.41) is 3.63. The van der Waals surface area contributed by atoms with Gasteiger partial charge in [0.1, 0.15) is 5.75 Å². The van der Waals surface area contributed by atoms with E-state index in [0.717, 1.165) is 23.2 Å². The van der Waals surface area contributed by atoms with E-state index in [0.29, 0.717) is 0 Å². The molecule has 0 bridgehead atoms. The molecule has 0 aliphatic rings. The van der Waals surface area contributed by atoms with Crippen LogP contribution in [0, 0.1) is 3.57 Å². The molecule has 2 aromatic carbocycles. The fourth-order valence-corrected chi connectivity index (χ4v) is 3.24. The molecule has 2 nitrogen and oxygen atoms in total. The van der Waals surface area contributed by atoms with Crippen molar-refractivity contribution >= 4 is 38.5 Å². The maximum Gasteiger partial charge on any atom is 0.119 e. The summed E-state index contributed by atoms with van der Waals surface area (Å²) in [6, 6.07) is 14.8. The Hall–Kier alpha value is -0.590. The maximum absolute atomic E-state index is 5.36. The van der Waals surface area contributed by atoms with Crippen molar-refractivity contribution < 1.29 is 4.74 Å². The van der Waals surface area contributed by atoms with E-state index in [4.69, 9.17) is 4.74 Å². The minimum absolute atomic E-state index is 0.157. The second-order valence-corrected chi connectivity index (χ2v) is 6.93. The third-order valence-electron chi connectivity index (χ3n) is 3.29. The summed E-state index contributed by atoms with van der Waals surface area (Å²) in [4.78, 5) is 0. The summed E-state index contributed by atoms with van der Waals surface area (Å²) in [5.41, 5.74) is 2.47. The number of nitrogens with one attached hydrogen (secondary N) is 1. The predicted molar refractivity (Wildman–Crippen MR) is 100.0 cm³/mol. The molecule has 0 amide bonds. The highest BCUT2D eigenvalue weighted by Gasteiger charge is 2.17. The van der Waals surface area contributed by atoms with Gasteiger partial charge in [-0.25, -0.2) is 0 Å². The smallest absolute Gasteiger partial charge is 0.119 e. The molecule has 0 aliphatic carbocycles. The van der Waals surface area contributed by atoms with Gasteiger partial charge in [0.15, 0.2) is 0 Å². The molecule has 1 atom stereocenters. The zero-order valence-electron chi connectivity index (χ0n) is 12.2. The van der Waals surface area contributed by atoms with E-state index in [1.165, 1.54) is 14.7 Å².